The van der Waals surface area contributed by atoms with Crippen molar-refractivity contribution in [1.29, 1.82) is 0 Å². The van der Waals surface area contributed by atoms with Crippen molar-refractivity contribution in [2.24, 2.45) is 68.0 Å². The van der Waals surface area contributed by atoms with Crippen LogP contribution >= 0.6 is 11.6 Å². The van der Waals surface area contributed by atoms with E-state index in [1.165, 1.54) is 29.8 Å². The number of esters is 1. The Morgan fingerprint density at radius 1 is 0.881 bits per heavy atom. The monoisotopic (exact) mass is 840 g/mol. The smallest absolute Gasteiger partial charge is 0.338 e. The molecule has 10 atom stereocenters. The zero-order valence-electron chi connectivity index (χ0n) is 36.7. The first kappa shape index (κ1) is 44.2. The summed E-state index contributed by atoms with van der Waals surface area (Å²) >= 11 is 5.90. The Labute approximate surface area is 354 Å². The molecule has 0 heterocycles. The molecule has 0 spiro atoms. The van der Waals surface area contributed by atoms with Crippen molar-refractivity contribution >= 4 is 35.2 Å². The predicted octanol–water partition coefficient (Wildman–Crippen LogP) is 10.3. The third-order valence-electron chi connectivity index (χ3n) is 18.2. The average Bonchev–Trinajstić information content (AvgIpc) is 3.43. The maximum Gasteiger partial charge on any atom is 0.338 e. The molecule has 0 saturated heterocycles. The molecular formula is C48H67ClF2N2O6. The number of ether oxygens (including phenoxy) is 1. The summed E-state index contributed by atoms with van der Waals surface area (Å²) in [5, 5.41) is 14.9. The van der Waals surface area contributed by atoms with E-state index in [0.29, 0.717) is 42.7 Å². The second-order valence-electron chi connectivity index (χ2n) is 21.9. The molecule has 0 aromatic heterocycles. The first-order valence-corrected chi connectivity index (χ1v) is 22.6. The van der Waals surface area contributed by atoms with E-state index in [1.807, 2.05) is 19.2 Å². The number of fused-ring (bicyclic) bond motifs is 7. The predicted molar refractivity (Wildman–Crippen MR) is 224 cm³/mol. The SMILES string of the molecule is CC(C)C1=C2[C@H]3CC[C@@H]4[C@@]5(C)CC[C@H](OC(=O)[C@H]6C[C@@H](C(=O)O)C6(C)C)C(C)(C)[C@@H]5CC[C@@]4(C)[C@]3(C)CC[C@@]2(CCNCC(F)(F)NC(=O)c2ccc(Cl)cc2)CC1=O. The molecule has 6 aliphatic carbocycles. The van der Waals surface area contributed by atoms with Gasteiger partial charge < -0.3 is 15.2 Å². The summed E-state index contributed by atoms with van der Waals surface area (Å²) in [6, 6.07) is 2.34. The van der Waals surface area contributed by atoms with E-state index in [9.17, 15) is 24.3 Å². The van der Waals surface area contributed by atoms with Crippen LogP contribution in [0.25, 0.3) is 0 Å². The standard InChI is InChI=1S/C48H67ClF2N2O6/c1-27(2)37-33(54)25-47(22-23-52-26-48(50,51)53-39(55)28-10-12-29(49)13-11-28)21-20-45(8)30(38(37)47)14-15-35-44(7)18-17-36(43(5,6)34(44)16-19-46(35,45)9)59-41(58)32-24-31(40(56)57)42(32,3)4/h10-13,27,30-32,34-36,52H,14-26H2,1-9H3,(H,53,55)(H,56,57)/t30-,31+,32-,34+,35-,36+,44+,45-,46-,47-/m1/s1. The summed E-state index contributed by atoms with van der Waals surface area (Å²) in [4.78, 5) is 52.0. The van der Waals surface area contributed by atoms with E-state index < -0.39 is 41.7 Å². The molecular weight excluding hydrogens is 774 g/mol. The van der Waals surface area contributed by atoms with Gasteiger partial charge in [0.05, 0.1) is 18.4 Å². The van der Waals surface area contributed by atoms with Crippen LogP contribution in [0.15, 0.2) is 35.4 Å². The minimum Gasteiger partial charge on any atom is -0.481 e. The van der Waals surface area contributed by atoms with Crippen LogP contribution in [0.1, 0.15) is 143 Å². The minimum absolute atomic E-state index is 0.0120. The molecule has 59 heavy (non-hydrogen) atoms. The van der Waals surface area contributed by atoms with E-state index >= 15 is 8.78 Å². The highest BCUT2D eigenvalue weighted by molar-refractivity contribution is 6.30. The highest BCUT2D eigenvalue weighted by Crippen LogP contribution is 2.77. The van der Waals surface area contributed by atoms with Crippen LogP contribution in [0.2, 0.25) is 5.02 Å². The molecule has 5 fully saturated rings. The summed E-state index contributed by atoms with van der Waals surface area (Å²) in [6.07, 6.45) is 8.79. The van der Waals surface area contributed by atoms with Gasteiger partial charge in [-0.25, -0.2) is 0 Å². The Balaban J connectivity index is 1.06. The van der Waals surface area contributed by atoms with Crippen molar-refractivity contribution < 1.29 is 37.8 Å². The number of carboxylic acid groups (broad SMARTS) is 1. The lowest BCUT2D eigenvalue weighted by molar-refractivity contribution is -0.236. The van der Waals surface area contributed by atoms with E-state index in [2.05, 4.69) is 53.8 Å². The van der Waals surface area contributed by atoms with Gasteiger partial charge in [0.25, 0.3) is 5.91 Å². The number of hydrogen-bond acceptors (Lipinski definition) is 6. The first-order valence-electron chi connectivity index (χ1n) is 22.2. The van der Waals surface area contributed by atoms with E-state index in [4.69, 9.17) is 16.3 Å². The van der Waals surface area contributed by atoms with Crippen LogP contribution in [-0.4, -0.2) is 54.0 Å². The third-order valence-corrected chi connectivity index (χ3v) is 18.4. The molecule has 8 nitrogen and oxygen atoms in total. The van der Waals surface area contributed by atoms with Gasteiger partial charge in [-0.1, -0.05) is 79.5 Å². The number of Topliss-reactive ketones (excluding diaryl/α,β-unsaturated/α-hetero) is 1. The molecule has 3 N–H and O–H groups in total. The summed E-state index contributed by atoms with van der Waals surface area (Å²) < 4.78 is 36.5. The zero-order chi connectivity index (χ0) is 43.3. The van der Waals surface area contributed by atoms with Gasteiger partial charge in [-0.15, -0.1) is 0 Å². The van der Waals surface area contributed by atoms with Gasteiger partial charge in [0, 0.05) is 27.8 Å². The molecule has 11 heteroatoms. The number of allylic oxidation sites excluding steroid dienone is 2. The molecule has 1 amide bonds. The molecule has 0 bridgehead atoms. The topological polar surface area (TPSA) is 122 Å². The fraction of sp³-hybridized carbons (Fsp3) is 0.750. The van der Waals surface area contributed by atoms with Crippen LogP contribution in [0.5, 0.6) is 0 Å². The number of carbonyl (C=O) groups excluding carboxylic acids is 3. The Morgan fingerprint density at radius 3 is 2.19 bits per heavy atom. The van der Waals surface area contributed by atoms with Gasteiger partial charge >= 0.3 is 18.0 Å². The van der Waals surface area contributed by atoms with Crippen molar-refractivity contribution in [3.8, 4) is 0 Å². The summed E-state index contributed by atoms with van der Waals surface area (Å²) in [7, 11) is 0. The highest BCUT2D eigenvalue weighted by Gasteiger charge is 2.70. The highest BCUT2D eigenvalue weighted by atomic mass is 35.5. The molecule has 7 rings (SSSR count). The lowest BCUT2D eigenvalue weighted by Crippen LogP contribution is -2.66. The van der Waals surface area contributed by atoms with Gasteiger partial charge in [-0.3, -0.25) is 24.5 Å². The van der Waals surface area contributed by atoms with Gasteiger partial charge in [0.2, 0.25) is 0 Å². The Kier molecular flexibility index (Phi) is 11.2. The van der Waals surface area contributed by atoms with E-state index in [1.54, 1.807) is 0 Å². The normalized spacial score (nSPS) is 38.4. The van der Waals surface area contributed by atoms with Crippen molar-refractivity contribution in [3.05, 3.63) is 46.0 Å². The minimum atomic E-state index is -3.47. The number of carboxylic acids is 1. The average molecular weight is 842 g/mol. The van der Waals surface area contributed by atoms with Gasteiger partial charge in [-0.2, -0.15) is 8.78 Å². The number of amides is 1. The van der Waals surface area contributed by atoms with Crippen molar-refractivity contribution in [3.63, 3.8) is 0 Å². The maximum absolute atomic E-state index is 15.0. The lowest BCUT2D eigenvalue weighted by Gasteiger charge is -2.72. The number of rotatable bonds is 11. The third kappa shape index (κ3) is 7.00. The van der Waals surface area contributed by atoms with Crippen LogP contribution in [0, 0.1) is 68.0 Å². The number of nitrogens with one attached hydrogen (secondary N) is 2. The molecule has 0 radical (unpaired) electrons. The zero-order valence-corrected chi connectivity index (χ0v) is 37.4. The Bertz CT molecular complexity index is 1910. The second kappa shape index (κ2) is 14.9. The molecule has 6 aliphatic rings. The van der Waals surface area contributed by atoms with Crippen molar-refractivity contribution in [2.75, 3.05) is 13.1 Å². The quantitative estimate of drug-likeness (QED) is 0.115. The number of halogens is 3. The number of ketones is 1. The molecule has 5 saturated carbocycles. The van der Waals surface area contributed by atoms with Gasteiger partial charge in [0.1, 0.15) is 6.10 Å². The number of aliphatic carboxylic acids is 1. The first-order chi connectivity index (χ1) is 27.3. The van der Waals surface area contributed by atoms with E-state index in [0.717, 1.165) is 56.9 Å². The Hall–Kier alpha value is -2.85. The summed E-state index contributed by atoms with van der Waals surface area (Å²) in [5.41, 5.74) is 1.12. The molecule has 326 valence electrons. The van der Waals surface area contributed by atoms with Crippen LogP contribution < -0.4 is 10.6 Å². The van der Waals surface area contributed by atoms with Gasteiger partial charge in [0.15, 0.2) is 5.78 Å². The molecule has 0 aliphatic heterocycles. The number of hydrogen-bond donors (Lipinski definition) is 3. The summed E-state index contributed by atoms with van der Waals surface area (Å²) in [6.45, 7) is 19.7. The lowest BCUT2D eigenvalue weighted by atomic mass is 9.33. The van der Waals surface area contributed by atoms with Crippen molar-refractivity contribution in [1.82, 2.24) is 10.6 Å². The van der Waals surface area contributed by atoms with Crippen LogP contribution in [-0.2, 0) is 19.1 Å². The number of alkyl halides is 2. The largest absolute Gasteiger partial charge is 0.481 e. The number of benzene rings is 1. The molecule has 1 aromatic carbocycles. The maximum atomic E-state index is 15.0. The fourth-order valence-corrected chi connectivity index (χ4v) is 14.8. The Morgan fingerprint density at radius 2 is 1.56 bits per heavy atom. The fourth-order valence-electron chi connectivity index (χ4n) is 14.7. The number of carbonyl (C=O) groups is 4. The summed E-state index contributed by atoms with van der Waals surface area (Å²) in [5.74, 6) is -1.61. The molecule has 0 unspecified atom stereocenters. The van der Waals surface area contributed by atoms with Gasteiger partial charge in [-0.05, 0) is 146 Å². The van der Waals surface area contributed by atoms with Crippen LogP contribution in [0.3, 0.4) is 0 Å². The van der Waals surface area contributed by atoms with Crippen molar-refractivity contribution in [2.45, 2.75) is 145 Å². The molecule has 1 aromatic rings. The van der Waals surface area contributed by atoms with Crippen LogP contribution in [0.4, 0.5) is 8.78 Å². The van der Waals surface area contributed by atoms with E-state index in [-0.39, 0.29) is 62.3 Å². The second-order valence-corrected chi connectivity index (χ2v) is 22.3.